The maximum absolute atomic E-state index is 11.1. The van der Waals surface area contributed by atoms with Crippen LogP contribution >= 0.6 is 0 Å². The number of carboxylic acids is 1. The molecule has 1 aromatic carbocycles. The van der Waals surface area contributed by atoms with Gasteiger partial charge in [0, 0.05) is 18.8 Å². The van der Waals surface area contributed by atoms with E-state index in [1.807, 2.05) is 29.2 Å². The van der Waals surface area contributed by atoms with Crippen LogP contribution in [0.2, 0.25) is 0 Å². The Morgan fingerprint density at radius 1 is 1.53 bits per heavy atom. The lowest BCUT2D eigenvalue weighted by molar-refractivity contribution is -0.141. The Labute approximate surface area is 100 Å². The van der Waals surface area contributed by atoms with Gasteiger partial charge in [0.25, 0.3) is 0 Å². The maximum atomic E-state index is 11.1. The minimum absolute atomic E-state index is 0.372. The van der Waals surface area contributed by atoms with Crippen molar-refractivity contribution in [2.75, 3.05) is 18.0 Å². The van der Waals surface area contributed by atoms with E-state index in [2.05, 4.69) is 6.07 Å². The lowest BCUT2D eigenvalue weighted by Crippen LogP contribution is -2.39. The molecule has 0 aliphatic carbocycles. The number of hydrogen-bond donors (Lipinski definition) is 1. The number of hydrogen-bond acceptors (Lipinski definition) is 3. The molecule has 0 saturated carbocycles. The fourth-order valence-corrected chi connectivity index (χ4v) is 2.25. The van der Waals surface area contributed by atoms with Gasteiger partial charge >= 0.3 is 5.97 Å². The number of carboxylic acid groups (broad SMARTS) is 1. The fourth-order valence-electron chi connectivity index (χ4n) is 2.25. The van der Waals surface area contributed by atoms with Crippen molar-refractivity contribution in [2.24, 2.45) is 5.92 Å². The second-order valence-electron chi connectivity index (χ2n) is 4.22. The van der Waals surface area contributed by atoms with Crippen molar-refractivity contribution in [1.82, 2.24) is 0 Å². The molecular formula is C13H14N2O2. The molecule has 1 aliphatic rings. The molecule has 0 bridgehead atoms. The molecule has 4 nitrogen and oxygen atoms in total. The summed E-state index contributed by atoms with van der Waals surface area (Å²) in [5, 5.41) is 17.7. The van der Waals surface area contributed by atoms with Crippen molar-refractivity contribution in [3.63, 3.8) is 0 Å². The number of nitrogens with zero attached hydrogens (tertiary/aromatic N) is 2. The summed E-state index contributed by atoms with van der Waals surface area (Å²) in [4.78, 5) is 13.1. The molecule has 0 radical (unpaired) electrons. The highest BCUT2D eigenvalue weighted by Gasteiger charge is 2.28. The predicted molar refractivity (Wildman–Crippen MR) is 63.7 cm³/mol. The highest BCUT2D eigenvalue weighted by molar-refractivity contribution is 5.73. The molecule has 0 spiro atoms. The van der Waals surface area contributed by atoms with Crippen molar-refractivity contribution in [3.05, 3.63) is 29.8 Å². The first-order chi connectivity index (χ1) is 8.22. The van der Waals surface area contributed by atoms with Crippen LogP contribution in [0.15, 0.2) is 24.3 Å². The van der Waals surface area contributed by atoms with Gasteiger partial charge in [-0.05, 0) is 18.1 Å². The highest BCUT2D eigenvalue weighted by atomic mass is 16.4. The average Bonchev–Trinajstić information content (AvgIpc) is 2.35. The van der Waals surface area contributed by atoms with Crippen LogP contribution in [0.4, 0.5) is 5.69 Å². The second kappa shape index (κ2) is 4.88. The Morgan fingerprint density at radius 2 is 2.29 bits per heavy atom. The van der Waals surface area contributed by atoms with Gasteiger partial charge in [0.15, 0.2) is 0 Å². The molecule has 0 fully saturated rings. The van der Waals surface area contributed by atoms with Gasteiger partial charge < -0.3 is 10.0 Å². The second-order valence-corrected chi connectivity index (χ2v) is 4.22. The third-order valence-electron chi connectivity index (χ3n) is 3.08. The molecule has 1 atom stereocenters. The molecule has 1 aliphatic heterocycles. The van der Waals surface area contributed by atoms with E-state index < -0.39 is 5.97 Å². The Balaban J connectivity index is 2.26. The predicted octanol–water partition coefficient (Wildman–Crippen LogP) is 1.66. The van der Waals surface area contributed by atoms with E-state index in [0.717, 1.165) is 11.3 Å². The van der Waals surface area contributed by atoms with Crippen molar-refractivity contribution in [2.45, 2.75) is 12.8 Å². The lowest BCUT2D eigenvalue weighted by atomic mass is 9.92. The van der Waals surface area contributed by atoms with Gasteiger partial charge in [-0.1, -0.05) is 18.2 Å². The van der Waals surface area contributed by atoms with Crippen LogP contribution in [-0.2, 0) is 11.2 Å². The van der Waals surface area contributed by atoms with Crippen LogP contribution in [0.1, 0.15) is 12.0 Å². The first-order valence-electron chi connectivity index (χ1n) is 5.65. The molecule has 0 saturated heterocycles. The monoisotopic (exact) mass is 230 g/mol. The summed E-state index contributed by atoms with van der Waals surface area (Å²) in [6.07, 6.45) is 0.995. The van der Waals surface area contributed by atoms with E-state index in [1.54, 1.807) is 0 Å². The molecular weight excluding hydrogens is 216 g/mol. The summed E-state index contributed by atoms with van der Waals surface area (Å²) in [6.45, 7) is 1.09. The van der Waals surface area contributed by atoms with Crippen molar-refractivity contribution in [1.29, 1.82) is 5.26 Å². The van der Waals surface area contributed by atoms with E-state index in [9.17, 15) is 4.79 Å². The molecule has 0 amide bonds. The van der Waals surface area contributed by atoms with Gasteiger partial charge in [-0.3, -0.25) is 4.79 Å². The summed E-state index contributed by atoms with van der Waals surface area (Å²) < 4.78 is 0. The van der Waals surface area contributed by atoms with E-state index >= 15 is 0 Å². The summed E-state index contributed by atoms with van der Waals surface area (Å²) in [7, 11) is 0. The first kappa shape index (κ1) is 11.5. The molecule has 2 rings (SSSR count). The first-order valence-corrected chi connectivity index (χ1v) is 5.65. The van der Waals surface area contributed by atoms with Crippen molar-refractivity contribution < 1.29 is 9.90 Å². The number of fused-ring (bicyclic) bond motifs is 1. The number of carbonyl (C=O) groups is 1. The van der Waals surface area contributed by atoms with E-state index in [1.165, 1.54) is 0 Å². The molecule has 17 heavy (non-hydrogen) atoms. The van der Waals surface area contributed by atoms with Gasteiger partial charge in [-0.2, -0.15) is 5.26 Å². The zero-order chi connectivity index (χ0) is 12.3. The third kappa shape index (κ3) is 2.39. The van der Waals surface area contributed by atoms with Gasteiger partial charge in [-0.15, -0.1) is 0 Å². The van der Waals surface area contributed by atoms with Gasteiger partial charge in [0.2, 0.25) is 0 Å². The lowest BCUT2D eigenvalue weighted by Gasteiger charge is -2.34. The van der Waals surface area contributed by atoms with E-state index in [-0.39, 0.29) is 5.92 Å². The Morgan fingerprint density at radius 3 is 3.00 bits per heavy atom. The Kier molecular flexibility index (Phi) is 3.29. The summed E-state index contributed by atoms with van der Waals surface area (Å²) in [5.41, 5.74) is 2.13. The van der Waals surface area contributed by atoms with Crippen LogP contribution in [-0.4, -0.2) is 24.2 Å². The normalized spacial score (nSPS) is 18.3. The summed E-state index contributed by atoms with van der Waals surface area (Å²) in [6, 6.07) is 9.92. The van der Waals surface area contributed by atoms with Gasteiger partial charge in [0.05, 0.1) is 18.4 Å². The number of aliphatic carboxylic acids is 1. The van der Waals surface area contributed by atoms with E-state index in [0.29, 0.717) is 25.9 Å². The number of rotatable bonds is 3. The largest absolute Gasteiger partial charge is 0.481 e. The summed E-state index contributed by atoms with van der Waals surface area (Å²) >= 11 is 0. The fraction of sp³-hybridized carbons (Fsp3) is 0.385. The zero-order valence-electron chi connectivity index (χ0n) is 9.47. The minimum Gasteiger partial charge on any atom is -0.481 e. The van der Waals surface area contributed by atoms with Gasteiger partial charge in [0.1, 0.15) is 0 Å². The Bertz CT molecular complexity index is 465. The number of nitriles is 1. The maximum Gasteiger partial charge on any atom is 0.308 e. The molecule has 0 aromatic heterocycles. The summed E-state index contributed by atoms with van der Waals surface area (Å²) in [5.74, 6) is -1.13. The van der Waals surface area contributed by atoms with E-state index in [4.69, 9.17) is 10.4 Å². The molecule has 88 valence electrons. The topological polar surface area (TPSA) is 64.3 Å². The number of benzene rings is 1. The van der Waals surface area contributed by atoms with Crippen molar-refractivity contribution >= 4 is 11.7 Å². The third-order valence-corrected chi connectivity index (χ3v) is 3.08. The Hall–Kier alpha value is -2.02. The van der Waals surface area contributed by atoms with Crippen LogP contribution in [0.25, 0.3) is 0 Å². The zero-order valence-corrected chi connectivity index (χ0v) is 9.47. The number of anilines is 1. The minimum atomic E-state index is -0.763. The molecule has 1 N–H and O–H groups in total. The standard InChI is InChI=1S/C13H14N2O2/c14-6-3-7-15-9-11(13(16)17)8-10-4-1-2-5-12(10)15/h1-2,4-5,11H,3,7-9H2,(H,16,17). The quantitative estimate of drug-likeness (QED) is 0.857. The average molecular weight is 230 g/mol. The molecule has 1 heterocycles. The van der Waals surface area contributed by atoms with Crippen LogP contribution in [0, 0.1) is 17.2 Å². The van der Waals surface area contributed by atoms with Crippen LogP contribution in [0.3, 0.4) is 0 Å². The molecule has 1 aromatic rings. The van der Waals surface area contributed by atoms with Crippen molar-refractivity contribution in [3.8, 4) is 6.07 Å². The van der Waals surface area contributed by atoms with Crippen LogP contribution < -0.4 is 4.90 Å². The SMILES string of the molecule is N#CCCN1CC(C(=O)O)Cc2ccccc21. The highest BCUT2D eigenvalue weighted by Crippen LogP contribution is 2.29. The molecule has 1 unspecified atom stereocenters. The molecule has 4 heteroatoms. The van der Waals surface area contributed by atoms with Crippen LogP contribution in [0.5, 0.6) is 0 Å². The van der Waals surface area contributed by atoms with Gasteiger partial charge in [-0.25, -0.2) is 0 Å². The number of para-hydroxylation sites is 1. The smallest absolute Gasteiger partial charge is 0.308 e.